The molecular weight excluding hydrogens is 336 g/mol. The number of carbonyl (C=O) groups excluding carboxylic acids is 1. The third-order valence-corrected chi connectivity index (χ3v) is 3.78. The Morgan fingerprint density at radius 3 is 2.54 bits per heavy atom. The number of aliphatic hydroxyl groups is 1. The average Bonchev–Trinajstić information content (AvgIpc) is 2.58. The summed E-state index contributed by atoms with van der Waals surface area (Å²) < 4.78 is 5.19. The van der Waals surface area contributed by atoms with Gasteiger partial charge in [-0.15, -0.1) is 0 Å². The topological polar surface area (TPSA) is 157 Å². The second-order valence-corrected chi connectivity index (χ2v) is 6.10. The highest BCUT2D eigenvalue weighted by molar-refractivity contribution is 5.96. The summed E-state index contributed by atoms with van der Waals surface area (Å²) in [7, 11) is 0. The molecule has 140 valence electrons. The molecule has 0 aliphatic rings. The smallest absolute Gasteiger partial charge is 0.338 e. The summed E-state index contributed by atoms with van der Waals surface area (Å²) in [4.78, 5) is 12.4. The van der Waals surface area contributed by atoms with E-state index in [9.17, 15) is 15.0 Å². The maximum absolute atomic E-state index is 12.4. The van der Waals surface area contributed by atoms with Gasteiger partial charge < -0.3 is 31.7 Å². The van der Waals surface area contributed by atoms with E-state index < -0.39 is 17.4 Å². The van der Waals surface area contributed by atoms with E-state index in [-0.39, 0.29) is 29.1 Å². The first-order valence-corrected chi connectivity index (χ1v) is 8.06. The molecule has 8 nitrogen and oxygen atoms in total. The van der Waals surface area contributed by atoms with Crippen LogP contribution in [0.4, 0.5) is 11.4 Å². The van der Waals surface area contributed by atoms with Gasteiger partial charge in [0.15, 0.2) is 5.75 Å². The van der Waals surface area contributed by atoms with Crippen LogP contribution in [0.5, 0.6) is 5.75 Å². The van der Waals surface area contributed by atoms with E-state index in [0.717, 1.165) is 5.56 Å². The van der Waals surface area contributed by atoms with Crippen molar-refractivity contribution in [2.45, 2.75) is 19.2 Å². The number of phenols is 1. The molecule has 2 aromatic rings. The van der Waals surface area contributed by atoms with Gasteiger partial charge in [-0.25, -0.2) is 4.79 Å². The fourth-order valence-corrected chi connectivity index (χ4v) is 2.54. The highest BCUT2D eigenvalue weighted by atomic mass is 16.5. The lowest BCUT2D eigenvalue weighted by molar-refractivity contribution is 0.0453. The molecule has 9 N–H and O–H groups in total. The standard InChI is InChI=1S/C18H24N4O4/c1-18(21,25)14-12(9-13(19)16(23)15(14)20)17(24)26-8-7-22-10-11-5-3-2-4-6-11/h2-6,9,22-23,25H,7-8,10,19-21H2,1H3. The van der Waals surface area contributed by atoms with Crippen LogP contribution < -0.4 is 22.5 Å². The zero-order valence-corrected chi connectivity index (χ0v) is 14.5. The molecular formula is C18H24N4O4. The molecule has 0 spiro atoms. The van der Waals surface area contributed by atoms with Crippen molar-refractivity contribution >= 4 is 17.3 Å². The summed E-state index contributed by atoms with van der Waals surface area (Å²) in [5.41, 5.74) is 15.6. The van der Waals surface area contributed by atoms with Crippen LogP contribution in [0.1, 0.15) is 28.4 Å². The normalized spacial score (nSPS) is 13.2. The Morgan fingerprint density at radius 1 is 1.27 bits per heavy atom. The second-order valence-electron chi connectivity index (χ2n) is 6.10. The summed E-state index contributed by atoms with van der Waals surface area (Å²) in [6.45, 7) is 2.41. The lowest BCUT2D eigenvalue weighted by atomic mass is 9.95. The van der Waals surface area contributed by atoms with Crippen LogP contribution in [0.3, 0.4) is 0 Å². The Kier molecular flexibility index (Phi) is 6.04. The van der Waals surface area contributed by atoms with Gasteiger partial charge in [0.25, 0.3) is 0 Å². The van der Waals surface area contributed by atoms with Crippen LogP contribution in [0.15, 0.2) is 36.4 Å². The van der Waals surface area contributed by atoms with Crippen LogP contribution >= 0.6 is 0 Å². The molecule has 0 fully saturated rings. The van der Waals surface area contributed by atoms with Crippen LogP contribution in [0.25, 0.3) is 0 Å². The highest BCUT2D eigenvalue weighted by Gasteiger charge is 2.30. The number of hydrogen-bond acceptors (Lipinski definition) is 8. The molecule has 0 bridgehead atoms. The van der Waals surface area contributed by atoms with Gasteiger partial charge in [-0.2, -0.15) is 0 Å². The van der Waals surface area contributed by atoms with Crippen molar-refractivity contribution in [3.63, 3.8) is 0 Å². The molecule has 2 rings (SSSR count). The maximum atomic E-state index is 12.4. The van der Waals surface area contributed by atoms with E-state index in [2.05, 4.69) is 5.32 Å². The first-order valence-electron chi connectivity index (χ1n) is 8.06. The summed E-state index contributed by atoms with van der Waals surface area (Å²) in [6, 6.07) is 11.0. The molecule has 1 unspecified atom stereocenters. The van der Waals surface area contributed by atoms with E-state index in [0.29, 0.717) is 13.1 Å². The molecule has 0 aliphatic heterocycles. The molecule has 2 aromatic carbocycles. The van der Waals surface area contributed by atoms with Gasteiger partial charge in [0, 0.05) is 18.7 Å². The third-order valence-electron chi connectivity index (χ3n) is 3.78. The highest BCUT2D eigenvalue weighted by Crippen LogP contribution is 2.37. The largest absolute Gasteiger partial charge is 0.504 e. The molecule has 0 heterocycles. The van der Waals surface area contributed by atoms with Gasteiger partial charge in [-0.1, -0.05) is 30.3 Å². The molecule has 0 aliphatic carbocycles. The minimum absolute atomic E-state index is 0.0895. The van der Waals surface area contributed by atoms with Gasteiger partial charge >= 0.3 is 5.97 Å². The fraction of sp³-hybridized carbons (Fsp3) is 0.278. The van der Waals surface area contributed by atoms with Crippen LogP contribution in [0, 0.1) is 0 Å². The van der Waals surface area contributed by atoms with Gasteiger partial charge in [-0.05, 0) is 18.6 Å². The minimum atomic E-state index is -1.95. The minimum Gasteiger partial charge on any atom is -0.504 e. The third kappa shape index (κ3) is 4.63. The first kappa shape index (κ1) is 19.5. The Balaban J connectivity index is 2.01. The van der Waals surface area contributed by atoms with Crippen molar-refractivity contribution in [2.24, 2.45) is 5.73 Å². The Hall–Kier alpha value is -2.81. The van der Waals surface area contributed by atoms with E-state index in [1.165, 1.54) is 13.0 Å². The SMILES string of the molecule is CC(N)(O)c1c(C(=O)OCCNCc2ccccc2)cc(N)c(O)c1N. The number of nitrogen functional groups attached to an aromatic ring is 2. The summed E-state index contributed by atoms with van der Waals surface area (Å²) in [5.74, 6) is -1.18. The Bertz CT molecular complexity index is 773. The van der Waals surface area contributed by atoms with E-state index in [1.54, 1.807) is 0 Å². The summed E-state index contributed by atoms with van der Waals surface area (Å²) in [6.07, 6.45) is 0. The number of ether oxygens (including phenoxy) is 1. The molecule has 26 heavy (non-hydrogen) atoms. The number of anilines is 2. The molecule has 0 saturated heterocycles. The average molecular weight is 360 g/mol. The summed E-state index contributed by atoms with van der Waals surface area (Å²) >= 11 is 0. The van der Waals surface area contributed by atoms with Gasteiger partial charge in [0.1, 0.15) is 12.3 Å². The van der Waals surface area contributed by atoms with Crippen LogP contribution in [-0.4, -0.2) is 29.3 Å². The number of phenolic OH excluding ortho intramolecular Hbond substituents is 1. The first-order chi connectivity index (χ1) is 12.2. The Labute approximate surface area is 151 Å². The van der Waals surface area contributed by atoms with E-state index in [1.807, 2.05) is 30.3 Å². The van der Waals surface area contributed by atoms with Crippen LogP contribution in [0.2, 0.25) is 0 Å². The summed E-state index contributed by atoms with van der Waals surface area (Å²) in [5, 5.41) is 23.1. The van der Waals surface area contributed by atoms with E-state index in [4.69, 9.17) is 21.9 Å². The molecule has 0 aromatic heterocycles. The lowest BCUT2D eigenvalue weighted by Gasteiger charge is -2.24. The van der Waals surface area contributed by atoms with Crippen molar-refractivity contribution in [3.8, 4) is 5.75 Å². The number of benzene rings is 2. The number of nitrogens with one attached hydrogen (secondary N) is 1. The van der Waals surface area contributed by atoms with Crippen molar-refractivity contribution < 1.29 is 19.7 Å². The molecule has 0 radical (unpaired) electrons. The van der Waals surface area contributed by atoms with Gasteiger partial charge in [0.05, 0.1) is 16.9 Å². The zero-order chi connectivity index (χ0) is 19.3. The lowest BCUT2D eigenvalue weighted by Crippen LogP contribution is -2.35. The van der Waals surface area contributed by atoms with Crippen molar-refractivity contribution in [1.82, 2.24) is 5.32 Å². The van der Waals surface area contributed by atoms with Crippen LogP contribution in [-0.2, 0) is 17.0 Å². The Morgan fingerprint density at radius 2 is 1.92 bits per heavy atom. The maximum Gasteiger partial charge on any atom is 0.338 e. The number of nitrogens with two attached hydrogens (primary N) is 3. The number of esters is 1. The number of hydrogen-bond donors (Lipinski definition) is 6. The van der Waals surface area contributed by atoms with Crippen molar-refractivity contribution in [1.29, 1.82) is 0 Å². The molecule has 0 saturated carbocycles. The fourth-order valence-electron chi connectivity index (χ4n) is 2.54. The number of rotatable bonds is 7. The molecule has 1 atom stereocenters. The molecule has 0 amide bonds. The number of aromatic hydroxyl groups is 1. The van der Waals surface area contributed by atoms with Gasteiger partial charge in [-0.3, -0.25) is 5.73 Å². The predicted octanol–water partition coefficient (Wildman–Crippen LogP) is 0.627. The van der Waals surface area contributed by atoms with E-state index >= 15 is 0 Å². The number of carbonyl (C=O) groups is 1. The predicted molar refractivity (Wildman–Crippen MR) is 99.1 cm³/mol. The van der Waals surface area contributed by atoms with Gasteiger partial charge in [0.2, 0.25) is 0 Å². The quantitative estimate of drug-likeness (QED) is 0.138. The monoisotopic (exact) mass is 360 g/mol. The van der Waals surface area contributed by atoms with Crippen molar-refractivity contribution in [3.05, 3.63) is 53.1 Å². The zero-order valence-electron chi connectivity index (χ0n) is 14.5. The van der Waals surface area contributed by atoms with Crippen molar-refractivity contribution in [2.75, 3.05) is 24.6 Å². The molecule has 8 heteroatoms. The second kappa shape index (κ2) is 8.05.